The smallest absolute Gasteiger partial charge is 0.300 e. The zero-order valence-electron chi connectivity index (χ0n) is 11.7. The highest BCUT2D eigenvalue weighted by atomic mass is 32.2. The molecule has 0 saturated carbocycles. The third kappa shape index (κ3) is 3.49. The molecule has 0 atom stereocenters. The predicted molar refractivity (Wildman–Crippen MR) is 79.9 cm³/mol. The molecule has 0 saturated heterocycles. The van der Waals surface area contributed by atoms with Gasteiger partial charge in [-0.15, -0.1) is 11.3 Å². The number of hydrogen-bond donors (Lipinski definition) is 3. The van der Waals surface area contributed by atoms with Crippen LogP contribution < -0.4 is 14.8 Å². The van der Waals surface area contributed by atoms with Gasteiger partial charge in [0.2, 0.25) is 0 Å². The maximum absolute atomic E-state index is 12.1. The summed E-state index contributed by atoms with van der Waals surface area (Å²) < 4.78 is 29.1. The van der Waals surface area contributed by atoms with Crippen LogP contribution in [-0.2, 0) is 23.2 Å². The van der Waals surface area contributed by atoms with Gasteiger partial charge in [-0.2, -0.15) is 18.4 Å². The SMILES string of the molecule is CC(C)(C)NS(=O)(=O)Nc1sc2c(c1C#N)CCNC2. The lowest BCUT2D eigenvalue weighted by Gasteiger charge is -2.20. The summed E-state index contributed by atoms with van der Waals surface area (Å²) in [5.74, 6) is 0. The second kappa shape index (κ2) is 5.33. The third-order valence-corrected chi connectivity index (χ3v) is 5.34. The highest BCUT2D eigenvalue weighted by Crippen LogP contribution is 2.35. The zero-order valence-corrected chi connectivity index (χ0v) is 13.3. The minimum atomic E-state index is -3.69. The fourth-order valence-electron chi connectivity index (χ4n) is 2.08. The van der Waals surface area contributed by atoms with Crippen molar-refractivity contribution in [1.82, 2.24) is 10.0 Å². The van der Waals surface area contributed by atoms with Crippen LogP contribution in [-0.4, -0.2) is 20.5 Å². The Kier molecular flexibility index (Phi) is 4.07. The van der Waals surface area contributed by atoms with Crippen LogP contribution in [0.1, 0.15) is 36.8 Å². The van der Waals surface area contributed by atoms with Crippen molar-refractivity contribution in [3.8, 4) is 6.07 Å². The Bertz CT molecular complexity index is 650. The van der Waals surface area contributed by atoms with Crippen LogP contribution >= 0.6 is 11.3 Å². The first-order chi connectivity index (χ1) is 9.22. The van der Waals surface area contributed by atoms with E-state index in [-0.39, 0.29) is 0 Å². The number of fused-ring (bicyclic) bond motifs is 1. The maximum atomic E-state index is 12.1. The minimum absolute atomic E-state index is 0.401. The second-order valence-corrected chi connectivity index (χ2v) is 8.22. The van der Waals surface area contributed by atoms with Gasteiger partial charge >= 0.3 is 0 Å². The molecule has 0 radical (unpaired) electrons. The van der Waals surface area contributed by atoms with Gasteiger partial charge in [0.15, 0.2) is 0 Å². The van der Waals surface area contributed by atoms with Crippen molar-refractivity contribution < 1.29 is 8.42 Å². The molecule has 0 unspecified atom stereocenters. The molecule has 0 aliphatic carbocycles. The summed E-state index contributed by atoms with van der Waals surface area (Å²) in [5.41, 5.74) is 0.840. The molecule has 0 fully saturated rings. The van der Waals surface area contributed by atoms with Crippen LogP contribution in [0.4, 0.5) is 5.00 Å². The van der Waals surface area contributed by atoms with Crippen LogP contribution in [0.15, 0.2) is 0 Å². The molecule has 8 heteroatoms. The fourth-order valence-corrected chi connectivity index (χ4v) is 4.79. The van der Waals surface area contributed by atoms with E-state index >= 15 is 0 Å². The topological polar surface area (TPSA) is 94.0 Å². The first-order valence-electron chi connectivity index (χ1n) is 6.29. The van der Waals surface area contributed by atoms with Crippen LogP contribution in [0, 0.1) is 11.3 Å². The average molecular weight is 314 g/mol. The van der Waals surface area contributed by atoms with E-state index in [1.165, 1.54) is 11.3 Å². The number of nitriles is 1. The van der Waals surface area contributed by atoms with Crippen molar-refractivity contribution in [2.24, 2.45) is 0 Å². The monoisotopic (exact) mass is 314 g/mol. The molecule has 1 aromatic rings. The summed E-state index contributed by atoms with van der Waals surface area (Å²) in [7, 11) is -3.69. The third-order valence-electron chi connectivity index (χ3n) is 2.71. The number of thiophene rings is 1. The Labute approximate surface area is 123 Å². The largest absolute Gasteiger partial charge is 0.312 e. The molecular formula is C12H18N4O2S2. The lowest BCUT2D eigenvalue weighted by atomic mass is 10.1. The van der Waals surface area contributed by atoms with Gasteiger partial charge in [0, 0.05) is 17.0 Å². The number of hydrogen-bond acceptors (Lipinski definition) is 5. The van der Waals surface area contributed by atoms with Crippen molar-refractivity contribution in [1.29, 1.82) is 5.26 Å². The highest BCUT2D eigenvalue weighted by Gasteiger charge is 2.25. The molecule has 1 aliphatic heterocycles. The molecule has 2 rings (SSSR count). The molecule has 2 heterocycles. The molecule has 110 valence electrons. The van der Waals surface area contributed by atoms with E-state index in [2.05, 4.69) is 20.8 Å². The molecule has 0 aromatic carbocycles. The van der Waals surface area contributed by atoms with Crippen LogP contribution in [0.5, 0.6) is 0 Å². The normalized spacial score (nSPS) is 15.5. The van der Waals surface area contributed by atoms with Gasteiger partial charge in [-0.25, -0.2) is 0 Å². The van der Waals surface area contributed by atoms with E-state index in [1.54, 1.807) is 20.8 Å². The fraction of sp³-hybridized carbons (Fsp3) is 0.583. The summed E-state index contributed by atoms with van der Waals surface area (Å²) in [6, 6.07) is 2.12. The molecule has 1 aliphatic rings. The maximum Gasteiger partial charge on any atom is 0.300 e. The standard InChI is InChI=1S/C12H18N4O2S2/c1-12(2,3)16-20(17,18)15-11-9(6-13)8-4-5-14-7-10(8)19-11/h14-16H,4-5,7H2,1-3H3. The van der Waals surface area contributed by atoms with E-state index < -0.39 is 15.7 Å². The molecule has 0 spiro atoms. The molecule has 6 nitrogen and oxygen atoms in total. The molecule has 0 bridgehead atoms. The van der Waals surface area contributed by atoms with E-state index in [0.717, 1.165) is 23.4 Å². The van der Waals surface area contributed by atoms with Crippen LogP contribution in [0.3, 0.4) is 0 Å². The molecule has 0 amide bonds. The number of anilines is 1. The summed E-state index contributed by atoms with van der Waals surface area (Å²) in [4.78, 5) is 1.03. The Morgan fingerprint density at radius 1 is 1.40 bits per heavy atom. The Morgan fingerprint density at radius 2 is 2.10 bits per heavy atom. The van der Waals surface area contributed by atoms with E-state index in [0.29, 0.717) is 17.1 Å². The summed E-state index contributed by atoms with van der Waals surface area (Å²) >= 11 is 1.32. The number of nitrogens with one attached hydrogen (secondary N) is 3. The van der Waals surface area contributed by atoms with Crippen LogP contribution in [0.2, 0.25) is 0 Å². The van der Waals surface area contributed by atoms with Gasteiger partial charge in [0.05, 0.1) is 5.56 Å². The number of nitrogens with zero attached hydrogens (tertiary/aromatic N) is 1. The van der Waals surface area contributed by atoms with Gasteiger partial charge in [0.25, 0.3) is 10.2 Å². The quantitative estimate of drug-likeness (QED) is 0.784. The van der Waals surface area contributed by atoms with Gasteiger partial charge < -0.3 is 5.32 Å². The lowest BCUT2D eigenvalue weighted by Crippen LogP contribution is -2.43. The summed E-state index contributed by atoms with van der Waals surface area (Å²) in [5, 5.41) is 12.9. The van der Waals surface area contributed by atoms with E-state index in [4.69, 9.17) is 0 Å². The summed E-state index contributed by atoms with van der Waals surface area (Å²) in [6.07, 6.45) is 0.753. The molecule has 3 N–H and O–H groups in total. The lowest BCUT2D eigenvalue weighted by molar-refractivity contribution is 0.494. The molecule has 20 heavy (non-hydrogen) atoms. The molecular weight excluding hydrogens is 296 g/mol. The predicted octanol–water partition coefficient (Wildman–Crippen LogP) is 1.31. The van der Waals surface area contributed by atoms with Gasteiger partial charge in [0.1, 0.15) is 11.1 Å². The Balaban J connectivity index is 2.31. The van der Waals surface area contributed by atoms with Crippen molar-refractivity contribution >= 4 is 26.5 Å². The van der Waals surface area contributed by atoms with Crippen LogP contribution in [0.25, 0.3) is 0 Å². The van der Waals surface area contributed by atoms with Gasteiger partial charge in [-0.1, -0.05) is 0 Å². The van der Waals surface area contributed by atoms with Crippen molar-refractivity contribution in [3.05, 3.63) is 16.0 Å². The Hall–Kier alpha value is -1.14. The first-order valence-corrected chi connectivity index (χ1v) is 8.59. The first kappa shape index (κ1) is 15.3. The van der Waals surface area contributed by atoms with E-state index in [1.807, 2.05) is 0 Å². The Morgan fingerprint density at radius 3 is 2.70 bits per heavy atom. The van der Waals surface area contributed by atoms with Crippen molar-refractivity contribution in [2.75, 3.05) is 11.3 Å². The summed E-state index contributed by atoms with van der Waals surface area (Å²) in [6.45, 7) is 6.79. The average Bonchev–Trinajstić information content (AvgIpc) is 2.61. The highest BCUT2D eigenvalue weighted by molar-refractivity contribution is 7.91. The van der Waals surface area contributed by atoms with Crippen molar-refractivity contribution in [2.45, 2.75) is 39.3 Å². The zero-order chi connectivity index (χ0) is 15.0. The van der Waals surface area contributed by atoms with Crippen molar-refractivity contribution in [3.63, 3.8) is 0 Å². The van der Waals surface area contributed by atoms with Gasteiger partial charge in [-0.3, -0.25) is 4.72 Å². The minimum Gasteiger partial charge on any atom is -0.312 e. The second-order valence-electron chi connectivity index (χ2n) is 5.70. The van der Waals surface area contributed by atoms with E-state index in [9.17, 15) is 13.7 Å². The van der Waals surface area contributed by atoms with Gasteiger partial charge in [-0.05, 0) is 39.3 Å². The molecule has 1 aromatic heterocycles. The number of rotatable bonds is 3.